The van der Waals surface area contributed by atoms with Crippen LogP contribution in [0.25, 0.3) is 0 Å². The second-order valence-corrected chi connectivity index (χ2v) is 3.88. The lowest BCUT2D eigenvalue weighted by atomic mass is 10.2. The normalized spacial score (nSPS) is 10.1. The standard InChI is InChI=1S/C15H15NO2/c1-18-16(12-13-8-4-2-5-9-13)15(17)14-10-6-3-7-11-14/h2-11H,12H2,1H3. The van der Waals surface area contributed by atoms with Gasteiger partial charge in [-0.15, -0.1) is 0 Å². The van der Waals surface area contributed by atoms with E-state index in [1.165, 1.54) is 12.2 Å². The van der Waals surface area contributed by atoms with Crippen LogP contribution >= 0.6 is 0 Å². The first-order valence-electron chi connectivity index (χ1n) is 5.76. The average Bonchev–Trinajstić information content (AvgIpc) is 2.46. The van der Waals surface area contributed by atoms with Crippen LogP contribution in [0.2, 0.25) is 0 Å². The molecule has 0 aromatic heterocycles. The van der Waals surface area contributed by atoms with Gasteiger partial charge in [-0.2, -0.15) is 0 Å². The summed E-state index contributed by atoms with van der Waals surface area (Å²) >= 11 is 0. The Hall–Kier alpha value is -2.13. The molecule has 0 N–H and O–H groups in total. The van der Waals surface area contributed by atoms with Gasteiger partial charge in [-0.05, 0) is 17.7 Å². The maximum absolute atomic E-state index is 12.2. The van der Waals surface area contributed by atoms with Gasteiger partial charge in [-0.1, -0.05) is 48.5 Å². The lowest BCUT2D eigenvalue weighted by Gasteiger charge is -2.19. The van der Waals surface area contributed by atoms with Gasteiger partial charge in [0.25, 0.3) is 5.91 Å². The molecule has 0 saturated carbocycles. The molecule has 0 heterocycles. The van der Waals surface area contributed by atoms with Gasteiger partial charge in [0.2, 0.25) is 0 Å². The van der Waals surface area contributed by atoms with Gasteiger partial charge in [-0.3, -0.25) is 9.63 Å². The van der Waals surface area contributed by atoms with Crippen molar-refractivity contribution in [2.75, 3.05) is 7.11 Å². The summed E-state index contributed by atoms with van der Waals surface area (Å²) in [5.74, 6) is -0.137. The number of carbonyl (C=O) groups excluding carboxylic acids is 1. The molecule has 92 valence electrons. The highest BCUT2D eigenvalue weighted by Crippen LogP contribution is 2.09. The van der Waals surface area contributed by atoms with Crippen LogP contribution in [0.5, 0.6) is 0 Å². The minimum atomic E-state index is -0.137. The monoisotopic (exact) mass is 241 g/mol. The fourth-order valence-corrected chi connectivity index (χ4v) is 1.69. The lowest BCUT2D eigenvalue weighted by Crippen LogP contribution is -2.29. The summed E-state index contributed by atoms with van der Waals surface area (Å²) in [6.45, 7) is 0.436. The van der Waals surface area contributed by atoms with Crippen LogP contribution in [-0.4, -0.2) is 18.1 Å². The van der Waals surface area contributed by atoms with E-state index in [0.717, 1.165) is 5.56 Å². The molecule has 0 unspecified atom stereocenters. The lowest BCUT2D eigenvalue weighted by molar-refractivity contribution is -0.102. The van der Waals surface area contributed by atoms with E-state index in [0.29, 0.717) is 12.1 Å². The first-order chi connectivity index (χ1) is 8.81. The van der Waals surface area contributed by atoms with Crippen LogP contribution in [0.4, 0.5) is 0 Å². The van der Waals surface area contributed by atoms with Crippen molar-refractivity contribution in [1.82, 2.24) is 5.06 Å². The van der Waals surface area contributed by atoms with Crippen LogP contribution in [0.1, 0.15) is 15.9 Å². The number of carbonyl (C=O) groups is 1. The Morgan fingerprint density at radius 1 is 1.00 bits per heavy atom. The summed E-state index contributed by atoms with van der Waals surface area (Å²) in [5.41, 5.74) is 1.65. The van der Waals surface area contributed by atoms with Gasteiger partial charge in [0.05, 0.1) is 13.7 Å². The number of hydrogen-bond donors (Lipinski definition) is 0. The van der Waals surface area contributed by atoms with Crippen molar-refractivity contribution in [3.63, 3.8) is 0 Å². The van der Waals surface area contributed by atoms with Gasteiger partial charge >= 0.3 is 0 Å². The third kappa shape index (κ3) is 2.96. The summed E-state index contributed by atoms with van der Waals surface area (Å²) in [6.07, 6.45) is 0. The Bertz CT molecular complexity index is 496. The van der Waals surface area contributed by atoms with Crippen molar-refractivity contribution in [2.24, 2.45) is 0 Å². The molecule has 0 spiro atoms. The zero-order valence-corrected chi connectivity index (χ0v) is 10.2. The van der Waals surface area contributed by atoms with Gasteiger partial charge in [0.15, 0.2) is 0 Å². The van der Waals surface area contributed by atoms with E-state index in [-0.39, 0.29) is 5.91 Å². The van der Waals surface area contributed by atoms with Crippen molar-refractivity contribution in [3.8, 4) is 0 Å². The molecule has 3 heteroatoms. The van der Waals surface area contributed by atoms with Crippen molar-refractivity contribution in [2.45, 2.75) is 6.54 Å². The number of hydrogen-bond acceptors (Lipinski definition) is 2. The molecular weight excluding hydrogens is 226 g/mol. The number of benzene rings is 2. The summed E-state index contributed by atoms with van der Waals surface area (Å²) < 4.78 is 0. The van der Waals surface area contributed by atoms with E-state index in [2.05, 4.69) is 0 Å². The smallest absolute Gasteiger partial charge is 0.274 e. The first-order valence-corrected chi connectivity index (χ1v) is 5.76. The molecule has 2 aromatic carbocycles. The summed E-state index contributed by atoms with van der Waals surface area (Å²) in [4.78, 5) is 17.3. The number of hydroxylamine groups is 2. The van der Waals surface area contributed by atoms with Crippen molar-refractivity contribution in [1.29, 1.82) is 0 Å². The summed E-state index contributed by atoms with van der Waals surface area (Å²) in [5, 5.41) is 1.35. The molecule has 0 fully saturated rings. The van der Waals surface area contributed by atoms with Crippen LogP contribution in [0.3, 0.4) is 0 Å². The van der Waals surface area contributed by atoms with Crippen LogP contribution in [-0.2, 0) is 11.4 Å². The molecule has 0 radical (unpaired) electrons. The van der Waals surface area contributed by atoms with E-state index >= 15 is 0 Å². The average molecular weight is 241 g/mol. The fourth-order valence-electron chi connectivity index (χ4n) is 1.69. The molecular formula is C15H15NO2. The van der Waals surface area contributed by atoms with E-state index in [1.54, 1.807) is 12.1 Å². The van der Waals surface area contributed by atoms with Crippen LogP contribution in [0.15, 0.2) is 60.7 Å². The number of nitrogens with zero attached hydrogens (tertiary/aromatic N) is 1. The van der Waals surface area contributed by atoms with Crippen molar-refractivity contribution < 1.29 is 9.63 Å². The Morgan fingerprint density at radius 3 is 2.11 bits per heavy atom. The zero-order valence-electron chi connectivity index (χ0n) is 10.2. The van der Waals surface area contributed by atoms with Gasteiger partial charge in [0, 0.05) is 5.56 Å². The molecule has 0 aliphatic rings. The van der Waals surface area contributed by atoms with Crippen LogP contribution < -0.4 is 0 Å². The quantitative estimate of drug-likeness (QED) is 0.770. The topological polar surface area (TPSA) is 29.5 Å². The van der Waals surface area contributed by atoms with Crippen molar-refractivity contribution in [3.05, 3.63) is 71.8 Å². The molecule has 3 nitrogen and oxygen atoms in total. The minimum Gasteiger partial charge on any atom is -0.274 e. The predicted octanol–water partition coefficient (Wildman–Crippen LogP) is 2.89. The Balaban J connectivity index is 2.12. The van der Waals surface area contributed by atoms with Gasteiger partial charge < -0.3 is 0 Å². The van der Waals surface area contributed by atoms with Crippen LogP contribution in [0, 0.1) is 0 Å². The maximum atomic E-state index is 12.2. The third-order valence-corrected chi connectivity index (χ3v) is 2.64. The predicted molar refractivity (Wildman–Crippen MR) is 69.8 cm³/mol. The highest BCUT2D eigenvalue weighted by Gasteiger charge is 2.15. The number of rotatable bonds is 4. The molecule has 1 amide bonds. The Labute approximate surface area is 107 Å². The summed E-state index contributed by atoms with van der Waals surface area (Å²) in [6, 6.07) is 18.9. The fraction of sp³-hybridized carbons (Fsp3) is 0.133. The SMILES string of the molecule is CON(Cc1ccccc1)C(=O)c1ccccc1. The third-order valence-electron chi connectivity index (χ3n) is 2.64. The second kappa shape index (κ2) is 5.98. The molecule has 0 saturated heterocycles. The van der Waals surface area contributed by atoms with Gasteiger partial charge in [-0.25, -0.2) is 5.06 Å². The highest BCUT2D eigenvalue weighted by molar-refractivity contribution is 5.93. The number of amides is 1. The molecule has 0 bridgehead atoms. The van der Waals surface area contributed by atoms with Gasteiger partial charge in [0.1, 0.15) is 0 Å². The van der Waals surface area contributed by atoms with Crippen molar-refractivity contribution >= 4 is 5.91 Å². The molecule has 2 aromatic rings. The molecule has 0 aliphatic heterocycles. The Morgan fingerprint density at radius 2 is 1.56 bits per heavy atom. The first kappa shape index (κ1) is 12.3. The zero-order chi connectivity index (χ0) is 12.8. The Kier molecular flexibility index (Phi) is 4.10. The van der Waals surface area contributed by atoms with E-state index in [1.807, 2.05) is 48.5 Å². The van der Waals surface area contributed by atoms with E-state index < -0.39 is 0 Å². The van der Waals surface area contributed by atoms with E-state index in [4.69, 9.17) is 4.84 Å². The maximum Gasteiger partial charge on any atom is 0.277 e. The largest absolute Gasteiger partial charge is 0.277 e. The molecule has 0 atom stereocenters. The summed E-state index contributed by atoms with van der Waals surface area (Å²) in [7, 11) is 1.50. The minimum absolute atomic E-state index is 0.137. The highest BCUT2D eigenvalue weighted by atomic mass is 16.7. The molecule has 0 aliphatic carbocycles. The molecule has 2 rings (SSSR count). The van der Waals surface area contributed by atoms with E-state index in [9.17, 15) is 4.79 Å². The second-order valence-electron chi connectivity index (χ2n) is 3.88. The molecule has 18 heavy (non-hydrogen) atoms.